The van der Waals surface area contributed by atoms with Crippen molar-refractivity contribution in [3.8, 4) is 11.5 Å². The van der Waals surface area contributed by atoms with Gasteiger partial charge < -0.3 is 19.9 Å². The van der Waals surface area contributed by atoms with Crippen LogP contribution in [0, 0.1) is 17.8 Å². The van der Waals surface area contributed by atoms with Crippen molar-refractivity contribution in [2.45, 2.75) is 65.1 Å². The number of rotatable bonds is 7. The van der Waals surface area contributed by atoms with E-state index in [-0.39, 0.29) is 41.9 Å². The van der Waals surface area contributed by atoms with E-state index in [0.717, 1.165) is 6.07 Å². The van der Waals surface area contributed by atoms with Gasteiger partial charge in [-0.2, -0.15) is 0 Å². The molecule has 1 aromatic rings. The van der Waals surface area contributed by atoms with Crippen molar-refractivity contribution in [1.29, 1.82) is 0 Å². The van der Waals surface area contributed by atoms with Gasteiger partial charge in [0.25, 0.3) is 0 Å². The van der Waals surface area contributed by atoms with Crippen LogP contribution >= 0.6 is 0 Å². The summed E-state index contributed by atoms with van der Waals surface area (Å²) >= 11 is 0. The number of carbonyl (C=O) groups excluding carboxylic acids is 1. The molecule has 0 aliphatic carbocycles. The van der Waals surface area contributed by atoms with Crippen molar-refractivity contribution >= 4 is 5.97 Å². The zero-order chi connectivity index (χ0) is 29.0. The summed E-state index contributed by atoms with van der Waals surface area (Å²) < 4.78 is 83.1. The molecule has 0 amide bonds. The number of hydrogen-bond donors (Lipinski definition) is 1. The summed E-state index contributed by atoms with van der Waals surface area (Å²) in [5.74, 6) is -1.68. The van der Waals surface area contributed by atoms with Crippen LogP contribution in [0.4, 0.5) is 0 Å². The first-order chi connectivity index (χ1) is 17.2. The molecule has 1 fully saturated rings. The van der Waals surface area contributed by atoms with Crippen LogP contribution in [0.15, 0.2) is 12.1 Å². The molecule has 0 bridgehead atoms. The van der Waals surface area contributed by atoms with E-state index in [0.29, 0.717) is 12.0 Å². The number of ether oxygens (including phenoxy) is 3. The van der Waals surface area contributed by atoms with E-state index in [9.17, 15) is 6.17 Å². The van der Waals surface area contributed by atoms with Crippen molar-refractivity contribution in [2.24, 2.45) is 23.5 Å². The van der Waals surface area contributed by atoms with E-state index in [1.807, 2.05) is 13.8 Å². The van der Waals surface area contributed by atoms with E-state index in [1.165, 1.54) is 18.1 Å². The molecule has 6 nitrogen and oxygen atoms in total. The number of fused-ring (bicyclic) bond motifs is 3. The molecular weight excluding hydrogens is 380 g/mol. The van der Waals surface area contributed by atoms with Crippen molar-refractivity contribution in [1.82, 2.24) is 4.90 Å². The molecule has 168 valence electrons. The van der Waals surface area contributed by atoms with E-state index < -0.39 is 50.0 Å². The minimum absolute atomic E-state index is 0.0248. The van der Waals surface area contributed by atoms with Crippen LogP contribution < -0.4 is 15.2 Å². The standard InChI is InChI=1S/C24H38N2O4/c1-14(2)9-17-13-26-8-7-16-10-21(28-5)22(29-6)11-18(16)19(26)12-20(17)30-24(27)23(25)15(3)4/h10-11,14-15,17,19-20,23H,7-9,12-13,25H2,1-6H3/t17?,19?,20?,23-/m0/s1/i5D3,7D2,8D2,20D. The molecule has 0 saturated carbocycles. The maximum absolute atomic E-state index is 12.9. The topological polar surface area (TPSA) is 74.0 Å². The van der Waals surface area contributed by atoms with Gasteiger partial charge in [-0.1, -0.05) is 27.7 Å². The maximum Gasteiger partial charge on any atom is 0.323 e. The molecule has 1 aromatic carbocycles. The lowest BCUT2D eigenvalue weighted by Gasteiger charge is -2.47. The van der Waals surface area contributed by atoms with Crippen molar-refractivity contribution in [3.05, 3.63) is 23.3 Å². The monoisotopic (exact) mass is 426 g/mol. The average molecular weight is 427 g/mol. The molecule has 3 rings (SSSR count). The molecule has 2 N–H and O–H groups in total. The van der Waals surface area contributed by atoms with Crippen molar-refractivity contribution in [3.63, 3.8) is 0 Å². The fourth-order valence-electron chi connectivity index (χ4n) is 4.04. The van der Waals surface area contributed by atoms with Gasteiger partial charge in [-0.15, -0.1) is 0 Å². The highest BCUT2D eigenvalue weighted by atomic mass is 16.5. The Hall–Kier alpha value is -1.79. The largest absolute Gasteiger partial charge is 0.493 e. The van der Waals surface area contributed by atoms with E-state index >= 15 is 0 Å². The first-order valence-corrected chi connectivity index (χ1v) is 10.4. The number of aryl methyl sites for hydroxylation is 1. The van der Waals surface area contributed by atoms with Crippen molar-refractivity contribution in [2.75, 3.05) is 27.2 Å². The first kappa shape index (κ1) is 14.3. The zero-order valence-corrected chi connectivity index (χ0v) is 18.3. The number of piperidine rings is 1. The Balaban J connectivity index is 2.17. The Morgan fingerprint density at radius 1 is 1.33 bits per heavy atom. The van der Waals surface area contributed by atoms with Gasteiger partial charge in [0.2, 0.25) is 0 Å². The van der Waals surface area contributed by atoms with Crippen LogP contribution in [0.1, 0.15) is 68.7 Å². The molecule has 2 aliphatic rings. The lowest BCUT2D eigenvalue weighted by atomic mass is 9.79. The molecule has 3 unspecified atom stereocenters. The minimum atomic E-state index is -2.84. The molecule has 6 heteroatoms. The summed E-state index contributed by atoms with van der Waals surface area (Å²) in [5.41, 5.74) is 6.22. The van der Waals surface area contributed by atoms with Gasteiger partial charge in [0.05, 0.1) is 19.6 Å². The maximum atomic E-state index is 12.9. The molecule has 0 spiro atoms. The second kappa shape index (κ2) is 9.56. The van der Waals surface area contributed by atoms with Gasteiger partial charge >= 0.3 is 5.97 Å². The number of hydrogen-bond acceptors (Lipinski definition) is 6. The zero-order valence-electron chi connectivity index (χ0n) is 26.3. The number of methoxy groups -OCH3 is 2. The van der Waals surface area contributed by atoms with Crippen LogP contribution in [0.5, 0.6) is 11.5 Å². The van der Waals surface area contributed by atoms with Crippen LogP contribution in [-0.2, 0) is 15.9 Å². The van der Waals surface area contributed by atoms with Gasteiger partial charge in [-0.25, -0.2) is 0 Å². The fourth-order valence-corrected chi connectivity index (χ4v) is 4.04. The molecule has 30 heavy (non-hydrogen) atoms. The van der Waals surface area contributed by atoms with Crippen LogP contribution in [0.25, 0.3) is 0 Å². The molecule has 2 aliphatic heterocycles. The SMILES string of the molecule is [2H]C([2H])([2H])Oc1cc2c(cc1OC)C1CC([2H])(OC(=O)[C@@H](N)C(C)C)C(CC(C)C)CN1C([2H])([2H])C2([2H])[2H]. The predicted molar refractivity (Wildman–Crippen MR) is 118 cm³/mol. The number of nitrogens with zero attached hydrogens (tertiary/aromatic N) is 1. The lowest BCUT2D eigenvalue weighted by Crippen LogP contribution is -2.51. The fraction of sp³-hybridized carbons (Fsp3) is 0.708. The second-order valence-corrected chi connectivity index (χ2v) is 8.79. The quantitative estimate of drug-likeness (QED) is 0.672. The number of nitrogens with two attached hydrogens (primary N) is 1. The van der Waals surface area contributed by atoms with E-state index in [2.05, 4.69) is 0 Å². The summed E-state index contributed by atoms with van der Waals surface area (Å²) in [4.78, 5) is 14.3. The third-order valence-electron chi connectivity index (χ3n) is 5.76. The Labute approximate surface area is 192 Å². The first-order valence-electron chi connectivity index (χ1n) is 14.4. The molecule has 4 atom stereocenters. The molecule has 1 saturated heterocycles. The summed E-state index contributed by atoms with van der Waals surface area (Å²) in [6.07, 6.45) is -4.03. The van der Waals surface area contributed by atoms with E-state index in [1.54, 1.807) is 13.8 Å². The van der Waals surface area contributed by atoms with Gasteiger partial charge in [-0.3, -0.25) is 9.69 Å². The number of esters is 1. The highest BCUT2D eigenvalue weighted by molar-refractivity contribution is 5.76. The third kappa shape index (κ3) is 4.75. The Bertz CT molecular complexity index is 1050. The third-order valence-corrected chi connectivity index (χ3v) is 5.76. The predicted octanol–water partition coefficient (Wildman–Crippen LogP) is 3.56. The normalized spacial score (nSPS) is 35.1. The average Bonchev–Trinajstić information content (AvgIpc) is 2.76. The molecular formula is C24H38N2O4. The number of benzene rings is 1. The number of carbonyl (C=O) groups is 1. The van der Waals surface area contributed by atoms with Crippen molar-refractivity contribution < 1.29 is 30.0 Å². The summed E-state index contributed by atoms with van der Waals surface area (Å²) in [6.45, 7) is 4.87. The van der Waals surface area contributed by atoms with Gasteiger partial charge in [0.15, 0.2) is 11.5 Å². The van der Waals surface area contributed by atoms with Crippen LogP contribution in [0.2, 0.25) is 0 Å². The molecule has 0 aromatic heterocycles. The highest BCUT2D eigenvalue weighted by Crippen LogP contribution is 2.44. The Morgan fingerprint density at radius 2 is 2.07 bits per heavy atom. The van der Waals surface area contributed by atoms with Crippen LogP contribution in [0.3, 0.4) is 0 Å². The second-order valence-electron chi connectivity index (χ2n) is 8.79. The van der Waals surface area contributed by atoms with Gasteiger partial charge in [0.1, 0.15) is 12.1 Å². The summed E-state index contributed by atoms with van der Waals surface area (Å²) in [5, 5.41) is 0. The van der Waals surface area contributed by atoms with Gasteiger partial charge in [0, 0.05) is 36.9 Å². The Kier molecular flexibility index (Phi) is 4.56. The molecule has 0 radical (unpaired) electrons. The summed E-state index contributed by atoms with van der Waals surface area (Å²) in [6, 6.07) is 0.770. The lowest BCUT2D eigenvalue weighted by molar-refractivity contribution is -0.160. The van der Waals surface area contributed by atoms with Gasteiger partial charge in [-0.05, 0) is 47.9 Å². The van der Waals surface area contributed by atoms with E-state index in [4.69, 9.17) is 29.5 Å². The Morgan fingerprint density at radius 3 is 2.70 bits per heavy atom. The summed E-state index contributed by atoms with van der Waals surface area (Å²) in [7, 11) is -1.53. The van der Waals surface area contributed by atoms with Crippen LogP contribution in [-0.4, -0.2) is 50.2 Å². The highest BCUT2D eigenvalue weighted by Gasteiger charge is 2.41. The minimum Gasteiger partial charge on any atom is -0.493 e. The smallest absolute Gasteiger partial charge is 0.323 e. The molecule has 2 heterocycles.